The highest BCUT2D eigenvalue weighted by molar-refractivity contribution is 7.14. The first kappa shape index (κ1) is 19.2. The molecule has 1 aromatic heterocycles. The first-order chi connectivity index (χ1) is 12.8. The third-order valence-electron chi connectivity index (χ3n) is 4.29. The Morgan fingerprint density at radius 2 is 1.96 bits per heavy atom. The van der Waals surface area contributed by atoms with Crippen molar-refractivity contribution in [2.24, 2.45) is 5.92 Å². The molecule has 5 nitrogen and oxygen atoms in total. The molecular weight excluding hydrogens is 379 g/mol. The van der Waals surface area contributed by atoms with Crippen LogP contribution in [0.3, 0.4) is 0 Å². The van der Waals surface area contributed by atoms with E-state index in [1.54, 1.807) is 11.0 Å². The van der Waals surface area contributed by atoms with Gasteiger partial charge in [0, 0.05) is 18.8 Å². The molecule has 9 heteroatoms. The molecule has 27 heavy (non-hydrogen) atoms. The lowest BCUT2D eigenvalue weighted by atomic mass is 9.97. The van der Waals surface area contributed by atoms with Gasteiger partial charge in [0.05, 0.1) is 16.5 Å². The number of carbonyl (C=O) groups excluding carboxylic acids is 2. The van der Waals surface area contributed by atoms with E-state index >= 15 is 0 Å². The van der Waals surface area contributed by atoms with Crippen LogP contribution in [0.5, 0.6) is 0 Å². The van der Waals surface area contributed by atoms with E-state index in [-0.39, 0.29) is 24.2 Å². The third kappa shape index (κ3) is 5.00. The molecule has 3 amide bonds. The summed E-state index contributed by atoms with van der Waals surface area (Å²) in [6.45, 7) is 0.756. The zero-order valence-corrected chi connectivity index (χ0v) is 15.1. The summed E-state index contributed by atoms with van der Waals surface area (Å²) in [4.78, 5) is 26.3. The van der Waals surface area contributed by atoms with Crippen molar-refractivity contribution in [2.75, 3.05) is 23.7 Å². The molecule has 0 aliphatic carbocycles. The maximum absolute atomic E-state index is 12.8. The molecule has 0 radical (unpaired) electrons. The van der Waals surface area contributed by atoms with Gasteiger partial charge < -0.3 is 10.2 Å². The summed E-state index contributed by atoms with van der Waals surface area (Å²) >= 11 is 1.40. The van der Waals surface area contributed by atoms with E-state index in [4.69, 9.17) is 0 Å². The Morgan fingerprint density at radius 1 is 1.15 bits per heavy atom. The number of benzene rings is 1. The van der Waals surface area contributed by atoms with Crippen LogP contribution < -0.4 is 10.6 Å². The van der Waals surface area contributed by atoms with E-state index < -0.39 is 17.7 Å². The van der Waals surface area contributed by atoms with Gasteiger partial charge in [0.1, 0.15) is 0 Å². The van der Waals surface area contributed by atoms with Gasteiger partial charge in [-0.05, 0) is 48.6 Å². The lowest BCUT2D eigenvalue weighted by Gasteiger charge is -2.32. The minimum absolute atomic E-state index is 0.0926. The van der Waals surface area contributed by atoms with Gasteiger partial charge in [-0.15, -0.1) is 11.3 Å². The Labute approximate surface area is 158 Å². The molecule has 2 N–H and O–H groups in total. The molecule has 2 heterocycles. The van der Waals surface area contributed by atoms with Gasteiger partial charge in [0.25, 0.3) is 0 Å². The van der Waals surface area contributed by atoms with Crippen molar-refractivity contribution < 1.29 is 22.8 Å². The average molecular weight is 397 g/mol. The number of piperidine rings is 1. The maximum atomic E-state index is 12.8. The van der Waals surface area contributed by atoms with E-state index in [0.29, 0.717) is 19.4 Å². The van der Waals surface area contributed by atoms with Gasteiger partial charge in [0.2, 0.25) is 5.91 Å². The van der Waals surface area contributed by atoms with Crippen molar-refractivity contribution >= 4 is 34.0 Å². The second kappa shape index (κ2) is 7.99. The van der Waals surface area contributed by atoms with Crippen LogP contribution in [0.15, 0.2) is 41.8 Å². The molecule has 1 aromatic carbocycles. The van der Waals surface area contributed by atoms with Crippen molar-refractivity contribution in [3.8, 4) is 0 Å². The molecular formula is C18H18F3N3O2S. The number of urea groups is 1. The fourth-order valence-corrected chi connectivity index (χ4v) is 3.53. The monoisotopic (exact) mass is 397 g/mol. The summed E-state index contributed by atoms with van der Waals surface area (Å²) in [6, 6.07) is 7.84. The van der Waals surface area contributed by atoms with E-state index in [2.05, 4.69) is 10.6 Å². The van der Waals surface area contributed by atoms with Crippen LogP contribution in [0.4, 0.5) is 28.7 Å². The number of rotatable bonds is 3. The Balaban J connectivity index is 1.61. The van der Waals surface area contributed by atoms with Crippen molar-refractivity contribution in [3.05, 3.63) is 47.3 Å². The number of likely N-dealkylation sites (tertiary alicyclic amines) is 1. The molecule has 1 aliphatic rings. The molecule has 0 bridgehead atoms. The SMILES string of the molecule is O=C(Nc1cccc(C(F)(F)F)c1)[C@@H]1CCCN(C(=O)Nc2cccs2)C1. The summed E-state index contributed by atoms with van der Waals surface area (Å²) in [6.07, 6.45) is -3.24. The molecule has 1 aliphatic heterocycles. The number of halogens is 3. The lowest BCUT2D eigenvalue weighted by Crippen LogP contribution is -2.45. The number of alkyl halides is 3. The van der Waals surface area contributed by atoms with E-state index in [1.165, 1.54) is 23.5 Å². The zero-order valence-electron chi connectivity index (χ0n) is 14.3. The van der Waals surface area contributed by atoms with Crippen molar-refractivity contribution in [3.63, 3.8) is 0 Å². The molecule has 0 saturated carbocycles. The number of hydrogen-bond acceptors (Lipinski definition) is 3. The van der Waals surface area contributed by atoms with Crippen LogP contribution in [0.2, 0.25) is 0 Å². The fraction of sp³-hybridized carbons (Fsp3) is 0.333. The zero-order chi connectivity index (χ0) is 19.4. The lowest BCUT2D eigenvalue weighted by molar-refractivity contribution is -0.137. The Hall–Kier alpha value is -2.55. The number of anilines is 2. The molecule has 1 atom stereocenters. The number of thiophene rings is 1. The number of amides is 3. The Bertz CT molecular complexity index is 808. The van der Waals surface area contributed by atoms with E-state index in [0.717, 1.165) is 17.1 Å². The summed E-state index contributed by atoms with van der Waals surface area (Å²) in [5.74, 6) is -0.856. The van der Waals surface area contributed by atoms with Crippen molar-refractivity contribution in [2.45, 2.75) is 19.0 Å². The highest BCUT2D eigenvalue weighted by atomic mass is 32.1. The normalized spacial score (nSPS) is 17.4. The number of nitrogens with one attached hydrogen (secondary N) is 2. The second-order valence-electron chi connectivity index (χ2n) is 6.26. The quantitative estimate of drug-likeness (QED) is 0.792. The van der Waals surface area contributed by atoms with E-state index in [1.807, 2.05) is 11.4 Å². The number of nitrogens with zero attached hydrogens (tertiary/aromatic N) is 1. The summed E-state index contributed by atoms with van der Waals surface area (Å²) in [7, 11) is 0. The van der Waals surface area contributed by atoms with Gasteiger partial charge >= 0.3 is 12.2 Å². The van der Waals surface area contributed by atoms with E-state index in [9.17, 15) is 22.8 Å². The van der Waals surface area contributed by atoms with Crippen LogP contribution in [-0.4, -0.2) is 29.9 Å². The first-order valence-corrected chi connectivity index (χ1v) is 9.28. The van der Waals surface area contributed by atoms with Crippen LogP contribution >= 0.6 is 11.3 Å². The van der Waals surface area contributed by atoms with Crippen LogP contribution in [0.1, 0.15) is 18.4 Å². The Kier molecular flexibility index (Phi) is 5.69. The number of hydrogen-bond donors (Lipinski definition) is 2. The standard InChI is InChI=1S/C18H18F3N3O2S/c19-18(20,21)13-5-1-6-14(10-13)22-16(25)12-4-2-8-24(11-12)17(26)23-15-7-3-9-27-15/h1,3,5-7,9-10,12H,2,4,8,11H2,(H,22,25)(H,23,26)/t12-/m1/s1. The maximum Gasteiger partial charge on any atom is 0.416 e. The summed E-state index contributed by atoms with van der Waals surface area (Å²) in [5.41, 5.74) is -0.726. The van der Waals surface area contributed by atoms with Crippen molar-refractivity contribution in [1.82, 2.24) is 4.90 Å². The van der Waals surface area contributed by atoms with Gasteiger partial charge in [-0.2, -0.15) is 13.2 Å². The number of carbonyl (C=O) groups is 2. The van der Waals surface area contributed by atoms with Crippen LogP contribution in [0, 0.1) is 5.92 Å². The van der Waals surface area contributed by atoms with Crippen LogP contribution in [0.25, 0.3) is 0 Å². The summed E-state index contributed by atoms with van der Waals surface area (Å²) < 4.78 is 38.4. The predicted octanol–water partition coefficient (Wildman–Crippen LogP) is 4.65. The van der Waals surface area contributed by atoms with Gasteiger partial charge in [0.15, 0.2) is 0 Å². The largest absolute Gasteiger partial charge is 0.416 e. The molecule has 3 rings (SSSR count). The molecule has 0 unspecified atom stereocenters. The highest BCUT2D eigenvalue weighted by Gasteiger charge is 2.31. The third-order valence-corrected chi connectivity index (χ3v) is 5.07. The average Bonchev–Trinajstić information content (AvgIpc) is 3.14. The molecule has 1 fully saturated rings. The highest BCUT2D eigenvalue weighted by Crippen LogP contribution is 2.31. The molecule has 0 spiro atoms. The fourth-order valence-electron chi connectivity index (χ4n) is 2.93. The van der Waals surface area contributed by atoms with Crippen LogP contribution in [-0.2, 0) is 11.0 Å². The minimum atomic E-state index is -4.47. The smallest absolute Gasteiger partial charge is 0.326 e. The molecule has 144 valence electrons. The van der Waals surface area contributed by atoms with Gasteiger partial charge in [-0.3, -0.25) is 10.1 Å². The Morgan fingerprint density at radius 3 is 2.67 bits per heavy atom. The van der Waals surface area contributed by atoms with Gasteiger partial charge in [-0.1, -0.05) is 6.07 Å². The molecule has 1 saturated heterocycles. The van der Waals surface area contributed by atoms with Gasteiger partial charge in [-0.25, -0.2) is 4.79 Å². The van der Waals surface area contributed by atoms with Crippen molar-refractivity contribution in [1.29, 1.82) is 0 Å². The molecule has 2 aromatic rings. The second-order valence-corrected chi connectivity index (χ2v) is 7.21. The first-order valence-electron chi connectivity index (χ1n) is 8.40. The topological polar surface area (TPSA) is 61.4 Å². The minimum Gasteiger partial charge on any atom is -0.326 e. The predicted molar refractivity (Wildman–Crippen MR) is 97.7 cm³/mol. The summed E-state index contributed by atoms with van der Waals surface area (Å²) in [5, 5.41) is 7.87.